The summed E-state index contributed by atoms with van der Waals surface area (Å²) in [6, 6.07) is 8.12. The van der Waals surface area contributed by atoms with Gasteiger partial charge in [0.05, 0.1) is 5.70 Å². The van der Waals surface area contributed by atoms with Crippen molar-refractivity contribution in [2.45, 2.75) is 6.43 Å². The monoisotopic (exact) mass is 197 g/mol. The molecule has 2 N–H and O–H groups in total. The third-order valence-electron chi connectivity index (χ3n) is 1.61. The van der Waals surface area contributed by atoms with E-state index >= 15 is 0 Å². The molecule has 0 saturated heterocycles. The smallest absolute Gasteiger partial charge is 0.277 e. The molecule has 0 fully saturated rings. The van der Waals surface area contributed by atoms with Crippen molar-refractivity contribution in [2.75, 3.05) is 0 Å². The predicted octanol–water partition coefficient (Wildman–Crippen LogP) is 1.98. The Morgan fingerprint density at radius 1 is 1.29 bits per heavy atom. The molecule has 0 radical (unpaired) electrons. The zero-order valence-corrected chi connectivity index (χ0v) is 7.28. The highest BCUT2D eigenvalue weighted by Gasteiger charge is 2.09. The molecule has 1 rings (SSSR count). The fourth-order valence-corrected chi connectivity index (χ4v) is 0.900. The normalized spacial score (nSPS) is 11.8. The highest BCUT2D eigenvalue weighted by Crippen LogP contribution is 2.06. The number of benzene rings is 1. The molecular weight excluding hydrogens is 188 g/mol. The van der Waals surface area contributed by atoms with E-state index < -0.39 is 17.9 Å². The molecule has 0 unspecified atom stereocenters. The van der Waals surface area contributed by atoms with Crippen molar-refractivity contribution in [3.8, 4) is 0 Å². The summed E-state index contributed by atoms with van der Waals surface area (Å²) in [5.74, 6) is -0.511. The van der Waals surface area contributed by atoms with E-state index in [2.05, 4.69) is 0 Å². The topological polar surface area (TPSA) is 43.1 Å². The molecule has 4 heteroatoms. The quantitative estimate of drug-likeness (QED) is 0.594. The summed E-state index contributed by atoms with van der Waals surface area (Å²) in [6.45, 7) is 0. The highest BCUT2D eigenvalue weighted by atomic mass is 19.3. The van der Waals surface area contributed by atoms with Crippen LogP contribution in [0.5, 0.6) is 0 Å². The Labute approximate surface area is 80.0 Å². The molecule has 0 spiro atoms. The first-order valence-corrected chi connectivity index (χ1v) is 3.96. The number of carbonyl (C=O) groups excluding carboxylic acids is 1. The molecular formula is C10H9F2NO. The van der Waals surface area contributed by atoms with Crippen LogP contribution in [0.3, 0.4) is 0 Å². The van der Waals surface area contributed by atoms with E-state index in [0.29, 0.717) is 5.56 Å². The van der Waals surface area contributed by atoms with Crippen LogP contribution in [0.2, 0.25) is 0 Å². The number of carbonyl (C=O) groups is 1. The van der Waals surface area contributed by atoms with E-state index in [1.807, 2.05) is 0 Å². The van der Waals surface area contributed by atoms with Gasteiger partial charge in [-0.3, -0.25) is 4.79 Å². The number of allylic oxidation sites excluding steroid dienone is 2. The van der Waals surface area contributed by atoms with Gasteiger partial charge in [-0.05, 0) is 0 Å². The largest absolute Gasteiger partial charge is 0.397 e. The van der Waals surface area contributed by atoms with Gasteiger partial charge in [0.1, 0.15) is 0 Å². The van der Waals surface area contributed by atoms with Gasteiger partial charge >= 0.3 is 0 Å². The van der Waals surface area contributed by atoms with Crippen molar-refractivity contribution in [1.82, 2.24) is 0 Å². The molecule has 0 aliphatic rings. The number of ketones is 1. The molecule has 0 aromatic heterocycles. The van der Waals surface area contributed by atoms with Gasteiger partial charge in [0, 0.05) is 11.6 Å². The lowest BCUT2D eigenvalue weighted by molar-refractivity contribution is 0.104. The second kappa shape index (κ2) is 4.50. The third kappa shape index (κ3) is 2.65. The minimum absolute atomic E-state index is 0.344. The lowest BCUT2D eigenvalue weighted by atomic mass is 10.1. The first-order chi connectivity index (χ1) is 6.61. The molecule has 1 aromatic carbocycles. The molecule has 0 amide bonds. The minimum atomic E-state index is -2.79. The summed E-state index contributed by atoms with van der Waals surface area (Å²) < 4.78 is 23.9. The number of hydrogen-bond donors (Lipinski definition) is 1. The number of rotatable bonds is 3. The van der Waals surface area contributed by atoms with E-state index in [1.54, 1.807) is 18.2 Å². The Bertz CT molecular complexity index is 346. The van der Waals surface area contributed by atoms with Crippen molar-refractivity contribution in [2.24, 2.45) is 5.73 Å². The van der Waals surface area contributed by atoms with Crippen LogP contribution in [0.25, 0.3) is 0 Å². The fourth-order valence-electron chi connectivity index (χ4n) is 0.900. The van der Waals surface area contributed by atoms with Crippen molar-refractivity contribution in [1.29, 1.82) is 0 Å². The molecule has 74 valence electrons. The van der Waals surface area contributed by atoms with E-state index in [-0.39, 0.29) is 0 Å². The van der Waals surface area contributed by atoms with Gasteiger partial charge in [0.2, 0.25) is 0 Å². The van der Waals surface area contributed by atoms with Crippen LogP contribution in [0.4, 0.5) is 8.78 Å². The van der Waals surface area contributed by atoms with Crippen LogP contribution in [0.15, 0.2) is 42.1 Å². The van der Waals surface area contributed by atoms with Crippen LogP contribution in [0.1, 0.15) is 10.4 Å². The van der Waals surface area contributed by atoms with Gasteiger partial charge in [-0.15, -0.1) is 0 Å². The molecule has 14 heavy (non-hydrogen) atoms. The third-order valence-corrected chi connectivity index (χ3v) is 1.61. The Morgan fingerprint density at radius 3 is 2.36 bits per heavy atom. The van der Waals surface area contributed by atoms with Gasteiger partial charge in [0.25, 0.3) is 6.43 Å². The zero-order chi connectivity index (χ0) is 10.6. The van der Waals surface area contributed by atoms with E-state index in [0.717, 1.165) is 6.08 Å². The van der Waals surface area contributed by atoms with Crippen LogP contribution in [-0.2, 0) is 0 Å². The lowest BCUT2D eigenvalue weighted by Crippen LogP contribution is -2.10. The summed E-state index contributed by atoms with van der Waals surface area (Å²) in [6.07, 6.45) is -2.04. The summed E-state index contributed by atoms with van der Waals surface area (Å²) in [4.78, 5) is 11.3. The van der Waals surface area contributed by atoms with Crippen LogP contribution in [-0.4, -0.2) is 12.2 Å². The van der Waals surface area contributed by atoms with Gasteiger partial charge in [0.15, 0.2) is 5.78 Å². The van der Waals surface area contributed by atoms with Crippen LogP contribution in [0, 0.1) is 0 Å². The number of alkyl halides is 2. The first kappa shape index (κ1) is 10.4. The summed E-state index contributed by atoms with van der Waals surface area (Å²) in [7, 11) is 0. The average Bonchev–Trinajstić information content (AvgIpc) is 2.19. The standard InChI is InChI=1S/C10H9F2NO/c11-10(12)8(13)6-9(14)7-4-2-1-3-5-7/h1-6,10H,13H2/b8-6-. The zero-order valence-electron chi connectivity index (χ0n) is 7.28. The maximum Gasteiger partial charge on any atom is 0.277 e. The predicted molar refractivity (Wildman–Crippen MR) is 49.0 cm³/mol. The SMILES string of the molecule is N/C(=C\C(=O)c1ccccc1)C(F)F. The van der Waals surface area contributed by atoms with Crippen molar-refractivity contribution in [3.63, 3.8) is 0 Å². The summed E-state index contributed by atoms with van der Waals surface area (Å²) >= 11 is 0. The van der Waals surface area contributed by atoms with E-state index in [9.17, 15) is 13.6 Å². The van der Waals surface area contributed by atoms with Gasteiger partial charge in [-0.2, -0.15) is 0 Å². The Balaban J connectivity index is 2.83. The number of nitrogens with two attached hydrogens (primary N) is 1. The first-order valence-electron chi connectivity index (χ1n) is 3.96. The van der Waals surface area contributed by atoms with Crippen molar-refractivity contribution < 1.29 is 13.6 Å². The molecule has 2 nitrogen and oxygen atoms in total. The van der Waals surface area contributed by atoms with Crippen molar-refractivity contribution >= 4 is 5.78 Å². The van der Waals surface area contributed by atoms with Gasteiger partial charge < -0.3 is 5.73 Å². The Kier molecular flexibility index (Phi) is 3.34. The van der Waals surface area contributed by atoms with Gasteiger partial charge in [-0.1, -0.05) is 30.3 Å². The van der Waals surface area contributed by atoms with Crippen LogP contribution >= 0.6 is 0 Å². The maximum absolute atomic E-state index is 12.0. The fraction of sp³-hybridized carbons (Fsp3) is 0.100. The van der Waals surface area contributed by atoms with Gasteiger partial charge in [-0.25, -0.2) is 8.78 Å². The number of hydrogen-bond acceptors (Lipinski definition) is 2. The number of halogens is 2. The molecule has 0 heterocycles. The summed E-state index contributed by atoms with van der Waals surface area (Å²) in [5.41, 5.74) is 4.58. The molecule has 0 aliphatic heterocycles. The molecule has 0 aliphatic carbocycles. The Hall–Kier alpha value is -1.71. The average molecular weight is 197 g/mol. The van der Waals surface area contributed by atoms with Crippen LogP contribution < -0.4 is 5.73 Å². The second-order valence-corrected chi connectivity index (χ2v) is 2.68. The highest BCUT2D eigenvalue weighted by molar-refractivity contribution is 6.04. The second-order valence-electron chi connectivity index (χ2n) is 2.68. The van der Waals surface area contributed by atoms with Crippen molar-refractivity contribution in [3.05, 3.63) is 47.7 Å². The lowest BCUT2D eigenvalue weighted by Gasteiger charge is -1.98. The molecule has 0 saturated carbocycles. The maximum atomic E-state index is 12.0. The Morgan fingerprint density at radius 2 is 1.86 bits per heavy atom. The van der Waals surface area contributed by atoms with E-state index in [1.165, 1.54) is 12.1 Å². The van der Waals surface area contributed by atoms with E-state index in [4.69, 9.17) is 5.73 Å². The summed E-state index contributed by atoms with van der Waals surface area (Å²) in [5, 5.41) is 0. The molecule has 0 bridgehead atoms. The molecule has 0 atom stereocenters. The minimum Gasteiger partial charge on any atom is -0.397 e. The molecule has 1 aromatic rings.